The maximum Gasteiger partial charge on any atom is 0.409 e. The van der Waals surface area contributed by atoms with Gasteiger partial charge in [0.2, 0.25) is 0 Å². The third kappa shape index (κ3) is 5.29. The Labute approximate surface area is 181 Å². The number of aromatic hydroxyl groups is 1. The van der Waals surface area contributed by atoms with E-state index in [1.807, 2.05) is 0 Å². The van der Waals surface area contributed by atoms with E-state index in [9.17, 15) is 14.7 Å². The molecule has 9 heteroatoms. The summed E-state index contributed by atoms with van der Waals surface area (Å²) < 4.78 is 17.1. The SMILES string of the molecule is CCOC(=O)N1CCN(Cc2ccn(Cc3cc(OC)ccc3OC)c(=O)c2O)CC1. The summed E-state index contributed by atoms with van der Waals surface area (Å²) in [7, 11) is 3.14. The Hall–Kier alpha value is -3.20. The van der Waals surface area contributed by atoms with Crippen molar-refractivity contribution in [2.24, 2.45) is 0 Å². The number of methoxy groups -OCH3 is 2. The topological polar surface area (TPSA) is 93.5 Å². The molecule has 31 heavy (non-hydrogen) atoms. The van der Waals surface area contributed by atoms with E-state index in [4.69, 9.17) is 14.2 Å². The largest absolute Gasteiger partial charge is 0.503 e. The van der Waals surface area contributed by atoms with Crippen LogP contribution >= 0.6 is 0 Å². The van der Waals surface area contributed by atoms with Crippen LogP contribution in [0.4, 0.5) is 4.79 Å². The number of pyridine rings is 1. The minimum Gasteiger partial charge on any atom is -0.503 e. The van der Waals surface area contributed by atoms with Gasteiger partial charge in [-0.05, 0) is 31.2 Å². The first kappa shape index (κ1) is 22.5. The zero-order valence-corrected chi connectivity index (χ0v) is 18.2. The van der Waals surface area contributed by atoms with Crippen molar-refractivity contribution in [1.82, 2.24) is 14.4 Å². The Morgan fingerprint density at radius 3 is 2.42 bits per heavy atom. The molecule has 1 aliphatic rings. The van der Waals surface area contributed by atoms with Crippen LogP contribution in [0.1, 0.15) is 18.1 Å². The number of rotatable bonds is 7. The summed E-state index contributed by atoms with van der Waals surface area (Å²) in [4.78, 5) is 28.3. The van der Waals surface area contributed by atoms with Gasteiger partial charge in [-0.15, -0.1) is 0 Å². The normalized spacial score (nSPS) is 14.4. The van der Waals surface area contributed by atoms with Crippen LogP contribution in [-0.4, -0.2) is 72.6 Å². The number of nitrogens with zero attached hydrogens (tertiary/aromatic N) is 3. The lowest BCUT2D eigenvalue weighted by Gasteiger charge is -2.34. The van der Waals surface area contributed by atoms with E-state index < -0.39 is 5.56 Å². The highest BCUT2D eigenvalue weighted by molar-refractivity contribution is 5.67. The highest BCUT2D eigenvalue weighted by atomic mass is 16.6. The first-order chi connectivity index (χ1) is 15.0. The molecule has 1 N–H and O–H groups in total. The average Bonchev–Trinajstić information content (AvgIpc) is 2.79. The molecule has 1 amide bonds. The van der Waals surface area contributed by atoms with Gasteiger partial charge in [0.05, 0.1) is 27.4 Å². The van der Waals surface area contributed by atoms with Crippen LogP contribution in [0.5, 0.6) is 17.2 Å². The molecule has 1 aromatic heterocycles. The highest BCUT2D eigenvalue weighted by Crippen LogP contribution is 2.25. The van der Waals surface area contributed by atoms with Crippen LogP contribution in [0.3, 0.4) is 0 Å². The fourth-order valence-electron chi connectivity index (χ4n) is 3.59. The number of benzene rings is 1. The van der Waals surface area contributed by atoms with Gasteiger partial charge in [0.1, 0.15) is 11.5 Å². The smallest absolute Gasteiger partial charge is 0.409 e. The molecular weight excluding hydrogens is 402 g/mol. The van der Waals surface area contributed by atoms with Crippen LogP contribution in [0.25, 0.3) is 0 Å². The average molecular weight is 431 g/mol. The molecule has 9 nitrogen and oxygen atoms in total. The van der Waals surface area contributed by atoms with E-state index in [2.05, 4.69) is 4.90 Å². The quantitative estimate of drug-likeness (QED) is 0.716. The molecule has 0 atom stereocenters. The molecule has 0 radical (unpaired) electrons. The number of hydrogen-bond donors (Lipinski definition) is 1. The number of piperazine rings is 1. The van der Waals surface area contributed by atoms with Crippen LogP contribution in [-0.2, 0) is 17.8 Å². The van der Waals surface area contributed by atoms with Crippen molar-refractivity contribution in [2.45, 2.75) is 20.0 Å². The molecule has 0 unspecified atom stereocenters. The Bertz CT molecular complexity index is 966. The highest BCUT2D eigenvalue weighted by Gasteiger charge is 2.23. The summed E-state index contributed by atoms with van der Waals surface area (Å²) in [6.45, 7) is 5.18. The van der Waals surface area contributed by atoms with Gasteiger partial charge in [-0.2, -0.15) is 0 Å². The molecule has 1 saturated heterocycles. The molecule has 0 bridgehead atoms. The minimum atomic E-state index is -0.465. The van der Waals surface area contributed by atoms with Gasteiger partial charge < -0.3 is 28.8 Å². The molecule has 0 saturated carbocycles. The number of carbonyl (C=O) groups is 1. The number of aromatic nitrogens is 1. The molecule has 0 spiro atoms. The number of ether oxygens (including phenoxy) is 3. The Morgan fingerprint density at radius 1 is 1.03 bits per heavy atom. The molecule has 2 heterocycles. The van der Waals surface area contributed by atoms with Gasteiger partial charge in [0, 0.05) is 50.0 Å². The third-order valence-electron chi connectivity index (χ3n) is 5.34. The molecule has 0 aliphatic carbocycles. The standard InChI is InChI=1S/C22H29N3O6/c1-4-31-22(28)24-11-9-23(10-12-24)14-16-7-8-25(21(27)20(16)26)15-17-13-18(29-2)5-6-19(17)30-3/h5-8,13,26H,4,9-12,14-15H2,1-3H3. The fraction of sp³-hybridized carbons (Fsp3) is 0.455. The van der Waals surface area contributed by atoms with E-state index in [1.54, 1.807) is 56.5 Å². The summed E-state index contributed by atoms with van der Waals surface area (Å²) in [5.74, 6) is 1.03. The van der Waals surface area contributed by atoms with Gasteiger partial charge in [0.15, 0.2) is 5.75 Å². The molecule has 2 aromatic rings. The molecule has 3 rings (SSSR count). The van der Waals surface area contributed by atoms with E-state index in [0.717, 1.165) is 5.56 Å². The zero-order chi connectivity index (χ0) is 22.4. The summed E-state index contributed by atoms with van der Waals surface area (Å²) in [6.07, 6.45) is 1.37. The van der Waals surface area contributed by atoms with Crippen LogP contribution in [0, 0.1) is 0 Å². The van der Waals surface area contributed by atoms with Gasteiger partial charge in [-0.25, -0.2) is 4.79 Å². The summed E-state index contributed by atoms with van der Waals surface area (Å²) in [5, 5.41) is 10.5. The molecular formula is C22H29N3O6. The Kier molecular flexibility index (Phi) is 7.41. The van der Waals surface area contributed by atoms with Crippen molar-refractivity contribution in [1.29, 1.82) is 0 Å². The van der Waals surface area contributed by atoms with Gasteiger partial charge in [-0.1, -0.05) is 0 Å². The lowest BCUT2D eigenvalue weighted by molar-refractivity contribution is 0.0776. The monoisotopic (exact) mass is 431 g/mol. The number of hydrogen-bond acceptors (Lipinski definition) is 7. The van der Waals surface area contributed by atoms with E-state index in [-0.39, 0.29) is 18.4 Å². The van der Waals surface area contributed by atoms with Crippen LogP contribution in [0.2, 0.25) is 0 Å². The second-order valence-corrected chi connectivity index (χ2v) is 7.26. The third-order valence-corrected chi connectivity index (χ3v) is 5.34. The van der Waals surface area contributed by atoms with Gasteiger partial charge >= 0.3 is 6.09 Å². The molecule has 1 aliphatic heterocycles. The van der Waals surface area contributed by atoms with Crippen LogP contribution < -0.4 is 15.0 Å². The maximum atomic E-state index is 12.8. The van der Waals surface area contributed by atoms with Crippen molar-refractivity contribution >= 4 is 6.09 Å². The van der Waals surface area contributed by atoms with Gasteiger partial charge in [0.25, 0.3) is 5.56 Å². The molecule has 1 fully saturated rings. The number of amides is 1. The first-order valence-electron chi connectivity index (χ1n) is 10.2. The van der Waals surface area contributed by atoms with Crippen molar-refractivity contribution in [2.75, 3.05) is 47.0 Å². The van der Waals surface area contributed by atoms with E-state index >= 15 is 0 Å². The lowest BCUT2D eigenvalue weighted by atomic mass is 10.1. The predicted molar refractivity (Wildman–Crippen MR) is 115 cm³/mol. The van der Waals surface area contributed by atoms with Gasteiger partial charge in [-0.3, -0.25) is 9.69 Å². The summed E-state index contributed by atoms with van der Waals surface area (Å²) in [6, 6.07) is 7.12. The fourth-order valence-corrected chi connectivity index (χ4v) is 3.59. The summed E-state index contributed by atoms with van der Waals surface area (Å²) >= 11 is 0. The molecule has 1 aromatic carbocycles. The lowest BCUT2D eigenvalue weighted by Crippen LogP contribution is -2.48. The van der Waals surface area contributed by atoms with Crippen molar-refractivity contribution in [3.8, 4) is 17.2 Å². The van der Waals surface area contributed by atoms with E-state index in [1.165, 1.54) is 4.57 Å². The first-order valence-corrected chi connectivity index (χ1v) is 10.2. The van der Waals surface area contributed by atoms with Crippen molar-refractivity contribution in [3.63, 3.8) is 0 Å². The molecule has 168 valence electrons. The Balaban J connectivity index is 1.69. The maximum absolute atomic E-state index is 12.8. The minimum absolute atomic E-state index is 0.241. The second-order valence-electron chi connectivity index (χ2n) is 7.26. The second kappa shape index (κ2) is 10.2. The number of carbonyl (C=O) groups excluding carboxylic acids is 1. The predicted octanol–water partition coefficient (Wildman–Crippen LogP) is 1.89. The zero-order valence-electron chi connectivity index (χ0n) is 18.2. The van der Waals surface area contributed by atoms with Crippen molar-refractivity contribution in [3.05, 3.63) is 51.9 Å². The summed E-state index contributed by atoms with van der Waals surface area (Å²) in [5.41, 5.74) is 0.863. The Morgan fingerprint density at radius 2 is 1.77 bits per heavy atom. The van der Waals surface area contributed by atoms with Crippen LogP contribution in [0.15, 0.2) is 35.3 Å². The van der Waals surface area contributed by atoms with E-state index in [0.29, 0.717) is 56.4 Å². The van der Waals surface area contributed by atoms with Crippen molar-refractivity contribution < 1.29 is 24.1 Å².